The van der Waals surface area contributed by atoms with Gasteiger partial charge in [0.2, 0.25) is 8.32 Å². The summed E-state index contributed by atoms with van der Waals surface area (Å²) in [5.41, 5.74) is 4.94. The van der Waals surface area contributed by atoms with E-state index >= 15 is 0 Å². The maximum Gasteiger partial charge on any atom is 0.284 e. The van der Waals surface area contributed by atoms with Crippen molar-refractivity contribution in [3.8, 4) is 11.5 Å². The Bertz CT molecular complexity index is 1150. The first-order valence-corrected chi connectivity index (χ1v) is 13.8. The Kier molecular flexibility index (Phi) is 5.05. The number of nitrogens with zero attached hydrogens (tertiary/aromatic N) is 1. The number of rotatable bonds is 5. The summed E-state index contributed by atoms with van der Waals surface area (Å²) in [6.07, 6.45) is -0.482. The first kappa shape index (κ1) is 23.4. The normalized spacial score (nSPS) is 23.1. The van der Waals surface area contributed by atoms with Crippen LogP contribution in [0.4, 0.5) is 5.69 Å². The van der Waals surface area contributed by atoms with Crippen LogP contribution in [-0.2, 0) is 4.74 Å². The van der Waals surface area contributed by atoms with Crippen molar-refractivity contribution >= 4 is 19.8 Å². The molecule has 4 rings (SSSR count). The van der Waals surface area contributed by atoms with E-state index in [0.29, 0.717) is 22.6 Å². The van der Waals surface area contributed by atoms with Crippen LogP contribution in [0.1, 0.15) is 62.2 Å². The monoisotopic (exact) mass is 470 g/mol. The van der Waals surface area contributed by atoms with Crippen LogP contribution in [0.25, 0.3) is 0 Å². The lowest BCUT2D eigenvalue weighted by Crippen LogP contribution is -2.53. The molecule has 0 saturated carbocycles. The highest BCUT2D eigenvalue weighted by Crippen LogP contribution is 2.59. The van der Waals surface area contributed by atoms with E-state index in [0.717, 1.165) is 0 Å². The molecule has 2 aliphatic heterocycles. The van der Waals surface area contributed by atoms with Crippen LogP contribution in [-0.4, -0.2) is 30.3 Å². The van der Waals surface area contributed by atoms with Crippen molar-refractivity contribution in [1.29, 1.82) is 0 Å². The molecule has 2 N–H and O–H groups in total. The fourth-order valence-electron chi connectivity index (χ4n) is 3.76. The highest BCUT2D eigenvalue weighted by Gasteiger charge is 2.69. The molecule has 2 atom stereocenters. The van der Waals surface area contributed by atoms with Gasteiger partial charge in [-0.3, -0.25) is 20.6 Å². The number of hydrogen-bond acceptors (Lipinski definition) is 7. The highest BCUT2D eigenvalue weighted by molar-refractivity contribution is 6.74. The van der Waals surface area contributed by atoms with E-state index in [4.69, 9.17) is 19.6 Å². The summed E-state index contributed by atoms with van der Waals surface area (Å²) in [5.74, 6) is 0.523. The van der Waals surface area contributed by atoms with Gasteiger partial charge in [0.15, 0.2) is 11.5 Å². The van der Waals surface area contributed by atoms with Crippen LogP contribution in [0.3, 0.4) is 0 Å². The molecule has 0 aromatic heterocycles. The lowest BCUT2D eigenvalue weighted by Gasteiger charge is -2.36. The third-order valence-corrected chi connectivity index (χ3v) is 11.5. The molecule has 0 radical (unpaired) electrons. The van der Waals surface area contributed by atoms with Gasteiger partial charge in [0, 0.05) is 11.1 Å². The molecule has 1 saturated heterocycles. The molecule has 33 heavy (non-hydrogen) atoms. The summed E-state index contributed by atoms with van der Waals surface area (Å²) < 4.78 is 17.9. The number of carbonyl (C=O) groups excluding carboxylic acids is 1. The first-order valence-electron chi connectivity index (χ1n) is 10.9. The number of nitro benzene ring substituents is 1. The molecule has 9 heteroatoms. The van der Waals surface area contributed by atoms with Crippen molar-refractivity contribution in [2.45, 2.75) is 70.2 Å². The van der Waals surface area contributed by atoms with Crippen molar-refractivity contribution in [2.24, 2.45) is 5.73 Å². The van der Waals surface area contributed by atoms with E-state index < -0.39 is 36.5 Å². The molecule has 8 nitrogen and oxygen atoms in total. The number of fused-ring (bicyclic) bond motifs is 3. The van der Waals surface area contributed by atoms with E-state index in [1.54, 1.807) is 38.1 Å². The van der Waals surface area contributed by atoms with Crippen molar-refractivity contribution < 1.29 is 23.6 Å². The second kappa shape index (κ2) is 7.12. The second-order valence-electron chi connectivity index (χ2n) is 10.8. The molecule has 176 valence electrons. The summed E-state index contributed by atoms with van der Waals surface area (Å²) in [7, 11) is -2.03. The number of hydrogen-bond donors (Lipinski definition) is 1. The van der Waals surface area contributed by atoms with E-state index in [1.165, 1.54) is 12.1 Å². The van der Waals surface area contributed by atoms with E-state index in [-0.39, 0.29) is 16.3 Å². The standard InChI is InChI=1S/C24H30N2O6Si/c1-22(2,3)33(6,7)32-15-10-8-14(9-11-15)20(27)16-12-17-19(13-18(16)26(28)29)30-23(4,5)24(25)21(17)31-24/h8-13,21H,25H2,1-7H3. The number of benzene rings is 2. The quantitative estimate of drug-likeness (QED) is 0.212. The number of carbonyl (C=O) groups is 1. The fourth-order valence-corrected chi connectivity index (χ4v) is 4.79. The zero-order valence-corrected chi connectivity index (χ0v) is 21.0. The third-order valence-electron chi connectivity index (χ3n) is 7.10. The smallest absolute Gasteiger partial charge is 0.284 e. The highest BCUT2D eigenvalue weighted by atomic mass is 28.4. The zero-order valence-electron chi connectivity index (χ0n) is 20.0. The molecular formula is C24H30N2O6Si. The first-order chi connectivity index (χ1) is 15.1. The average molecular weight is 471 g/mol. The van der Waals surface area contributed by atoms with Gasteiger partial charge in [-0.15, -0.1) is 0 Å². The van der Waals surface area contributed by atoms with Crippen molar-refractivity contribution in [3.05, 3.63) is 63.2 Å². The minimum absolute atomic E-state index is 0.0297. The largest absolute Gasteiger partial charge is 0.544 e. The molecule has 0 aliphatic carbocycles. The minimum Gasteiger partial charge on any atom is -0.544 e. The molecule has 2 aromatic rings. The third kappa shape index (κ3) is 3.73. The fraction of sp³-hybridized carbons (Fsp3) is 0.458. The summed E-state index contributed by atoms with van der Waals surface area (Å²) in [6.45, 7) is 14.3. The summed E-state index contributed by atoms with van der Waals surface area (Å²) in [5, 5.41) is 11.8. The van der Waals surface area contributed by atoms with Crippen LogP contribution in [0.15, 0.2) is 36.4 Å². The van der Waals surface area contributed by atoms with Gasteiger partial charge in [-0.05, 0) is 62.3 Å². The molecule has 1 fully saturated rings. The van der Waals surface area contributed by atoms with Crippen LogP contribution in [0, 0.1) is 10.1 Å². The average Bonchev–Trinajstić information content (AvgIpc) is 3.40. The van der Waals surface area contributed by atoms with Gasteiger partial charge >= 0.3 is 0 Å². The predicted molar refractivity (Wildman–Crippen MR) is 126 cm³/mol. The van der Waals surface area contributed by atoms with Gasteiger partial charge in [-0.25, -0.2) is 0 Å². The Balaban J connectivity index is 1.67. The van der Waals surface area contributed by atoms with E-state index in [2.05, 4.69) is 33.9 Å². The molecule has 2 aliphatic rings. The number of nitro groups is 1. The Morgan fingerprint density at radius 1 is 1.18 bits per heavy atom. The maximum absolute atomic E-state index is 13.3. The SMILES string of the molecule is CC1(C)Oc2cc([N+](=O)[O-])c(C(=O)c3ccc(O[Si](C)(C)C(C)(C)C)cc3)cc2C2OC21N. The lowest BCUT2D eigenvalue weighted by molar-refractivity contribution is -0.385. The van der Waals surface area contributed by atoms with E-state index in [1.807, 2.05) is 0 Å². The Hall–Kier alpha value is -2.75. The number of ketones is 1. The van der Waals surface area contributed by atoms with Crippen LogP contribution in [0.2, 0.25) is 18.1 Å². The Labute approximate surface area is 194 Å². The van der Waals surface area contributed by atoms with Gasteiger partial charge in [0.25, 0.3) is 5.69 Å². The van der Waals surface area contributed by atoms with Crippen molar-refractivity contribution in [1.82, 2.24) is 0 Å². The minimum atomic E-state index is -2.03. The van der Waals surface area contributed by atoms with Gasteiger partial charge in [-0.2, -0.15) is 0 Å². The second-order valence-corrected chi connectivity index (χ2v) is 15.5. The van der Waals surface area contributed by atoms with Crippen molar-refractivity contribution in [2.75, 3.05) is 0 Å². The molecule has 0 spiro atoms. The molecule has 2 unspecified atom stereocenters. The molecule has 0 amide bonds. The van der Waals surface area contributed by atoms with Gasteiger partial charge in [0.05, 0.1) is 11.0 Å². The number of ether oxygens (including phenoxy) is 2. The lowest BCUT2D eigenvalue weighted by atomic mass is 9.87. The Morgan fingerprint density at radius 3 is 2.33 bits per heavy atom. The van der Waals surface area contributed by atoms with Crippen LogP contribution in [0.5, 0.6) is 11.5 Å². The molecule has 2 heterocycles. The number of nitrogens with two attached hydrogens (primary N) is 1. The zero-order chi connectivity index (χ0) is 24.6. The van der Waals surface area contributed by atoms with Crippen LogP contribution >= 0.6 is 0 Å². The summed E-state index contributed by atoms with van der Waals surface area (Å²) in [6, 6.07) is 9.50. The molecule has 2 aromatic carbocycles. The molecular weight excluding hydrogens is 440 g/mol. The summed E-state index contributed by atoms with van der Waals surface area (Å²) in [4.78, 5) is 24.5. The van der Waals surface area contributed by atoms with Gasteiger partial charge in [0.1, 0.15) is 28.8 Å². The summed E-state index contributed by atoms with van der Waals surface area (Å²) >= 11 is 0. The van der Waals surface area contributed by atoms with Crippen molar-refractivity contribution in [3.63, 3.8) is 0 Å². The predicted octanol–water partition coefficient (Wildman–Crippen LogP) is 5.11. The Morgan fingerprint density at radius 2 is 1.79 bits per heavy atom. The number of epoxide rings is 1. The van der Waals surface area contributed by atoms with Gasteiger partial charge in [-0.1, -0.05) is 20.8 Å². The molecule has 0 bridgehead atoms. The maximum atomic E-state index is 13.3. The van der Waals surface area contributed by atoms with E-state index in [9.17, 15) is 14.9 Å². The van der Waals surface area contributed by atoms with Crippen LogP contribution < -0.4 is 14.9 Å². The topological polar surface area (TPSA) is 117 Å². The van der Waals surface area contributed by atoms with Gasteiger partial charge < -0.3 is 13.9 Å².